The van der Waals surface area contributed by atoms with Crippen LogP contribution in [0.2, 0.25) is 0 Å². The van der Waals surface area contributed by atoms with Gasteiger partial charge in [-0.1, -0.05) is 24.3 Å². The molecule has 1 unspecified atom stereocenters. The number of para-hydroxylation sites is 1. The second-order valence-electron chi connectivity index (χ2n) is 4.77. The van der Waals surface area contributed by atoms with E-state index in [0.717, 1.165) is 17.6 Å². The molecule has 0 saturated heterocycles. The van der Waals surface area contributed by atoms with Crippen molar-refractivity contribution in [2.24, 2.45) is 5.73 Å². The van der Waals surface area contributed by atoms with Crippen molar-refractivity contribution in [2.75, 3.05) is 0 Å². The number of aromatic nitrogens is 1. The van der Waals surface area contributed by atoms with Crippen LogP contribution in [0.25, 0.3) is 10.9 Å². The SMILES string of the molecule is Cc1cc(C(N)Cc2cccs2)nc2ccccc12. The number of pyridine rings is 1. The van der Waals surface area contributed by atoms with Crippen LogP contribution in [0.3, 0.4) is 0 Å². The molecule has 0 bridgehead atoms. The molecule has 0 saturated carbocycles. The lowest BCUT2D eigenvalue weighted by molar-refractivity contribution is 0.706. The first-order chi connectivity index (χ1) is 9.24. The molecule has 2 N–H and O–H groups in total. The number of benzene rings is 1. The van der Waals surface area contributed by atoms with Crippen molar-refractivity contribution in [3.8, 4) is 0 Å². The summed E-state index contributed by atoms with van der Waals surface area (Å²) in [7, 11) is 0. The molecule has 2 aromatic heterocycles. The van der Waals surface area contributed by atoms with E-state index in [-0.39, 0.29) is 6.04 Å². The van der Waals surface area contributed by atoms with Crippen LogP contribution in [-0.2, 0) is 6.42 Å². The third-order valence-corrected chi connectivity index (χ3v) is 4.22. The van der Waals surface area contributed by atoms with Gasteiger partial charge in [-0.2, -0.15) is 0 Å². The number of hydrogen-bond donors (Lipinski definition) is 1. The Morgan fingerprint density at radius 1 is 1.21 bits per heavy atom. The molecule has 0 aliphatic heterocycles. The van der Waals surface area contributed by atoms with E-state index < -0.39 is 0 Å². The molecule has 0 amide bonds. The lowest BCUT2D eigenvalue weighted by Crippen LogP contribution is -2.14. The normalized spacial score (nSPS) is 12.7. The van der Waals surface area contributed by atoms with Crippen LogP contribution in [0, 0.1) is 6.92 Å². The van der Waals surface area contributed by atoms with Gasteiger partial charge in [0.25, 0.3) is 0 Å². The van der Waals surface area contributed by atoms with Gasteiger partial charge in [-0.3, -0.25) is 4.98 Å². The largest absolute Gasteiger partial charge is 0.322 e. The van der Waals surface area contributed by atoms with E-state index in [1.807, 2.05) is 18.2 Å². The Balaban J connectivity index is 1.96. The minimum absolute atomic E-state index is 0.0399. The van der Waals surface area contributed by atoms with Crippen LogP contribution in [-0.4, -0.2) is 4.98 Å². The van der Waals surface area contributed by atoms with Crippen molar-refractivity contribution in [2.45, 2.75) is 19.4 Å². The molecule has 0 fully saturated rings. The third-order valence-electron chi connectivity index (χ3n) is 3.32. The molecule has 2 nitrogen and oxygen atoms in total. The van der Waals surface area contributed by atoms with E-state index >= 15 is 0 Å². The van der Waals surface area contributed by atoms with Crippen LogP contribution in [0.5, 0.6) is 0 Å². The summed E-state index contributed by atoms with van der Waals surface area (Å²) < 4.78 is 0. The molecule has 3 aromatic rings. The average Bonchev–Trinajstić information content (AvgIpc) is 2.91. The molecular weight excluding hydrogens is 252 g/mol. The number of rotatable bonds is 3. The van der Waals surface area contributed by atoms with E-state index in [4.69, 9.17) is 10.7 Å². The Hall–Kier alpha value is -1.71. The summed E-state index contributed by atoms with van der Waals surface area (Å²) in [5.74, 6) is 0. The van der Waals surface area contributed by atoms with E-state index in [1.54, 1.807) is 11.3 Å². The number of nitrogens with two attached hydrogens (primary N) is 1. The van der Waals surface area contributed by atoms with Gasteiger partial charge < -0.3 is 5.73 Å². The van der Waals surface area contributed by atoms with Gasteiger partial charge in [-0.15, -0.1) is 11.3 Å². The zero-order chi connectivity index (χ0) is 13.2. The molecule has 0 aliphatic rings. The number of nitrogens with zero attached hydrogens (tertiary/aromatic N) is 1. The van der Waals surface area contributed by atoms with Crippen molar-refractivity contribution in [1.82, 2.24) is 4.98 Å². The Bertz CT molecular complexity index is 689. The molecule has 1 atom stereocenters. The maximum absolute atomic E-state index is 6.29. The summed E-state index contributed by atoms with van der Waals surface area (Å²) in [5, 5.41) is 3.29. The lowest BCUT2D eigenvalue weighted by atomic mass is 10.0. The van der Waals surface area contributed by atoms with Gasteiger partial charge >= 0.3 is 0 Å². The highest BCUT2D eigenvalue weighted by atomic mass is 32.1. The van der Waals surface area contributed by atoms with Crippen LogP contribution in [0.1, 0.15) is 22.2 Å². The first kappa shape index (κ1) is 12.3. The van der Waals surface area contributed by atoms with Gasteiger partial charge in [0.2, 0.25) is 0 Å². The quantitative estimate of drug-likeness (QED) is 0.783. The minimum atomic E-state index is -0.0399. The van der Waals surface area contributed by atoms with Crippen LogP contribution >= 0.6 is 11.3 Å². The van der Waals surface area contributed by atoms with Gasteiger partial charge in [0.1, 0.15) is 0 Å². The van der Waals surface area contributed by atoms with Crippen molar-refractivity contribution in [3.05, 3.63) is 64.0 Å². The number of fused-ring (bicyclic) bond motifs is 1. The third kappa shape index (κ3) is 2.53. The maximum Gasteiger partial charge on any atom is 0.0708 e. The Morgan fingerprint density at radius 3 is 2.84 bits per heavy atom. The van der Waals surface area contributed by atoms with Gasteiger partial charge in [-0.25, -0.2) is 0 Å². The molecule has 1 aromatic carbocycles. The Labute approximate surface area is 116 Å². The lowest BCUT2D eigenvalue weighted by Gasteiger charge is -2.12. The van der Waals surface area contributed by atoms with Crippen LogP contribution in [0.15, 0.2) is 47.8 Å². The van der Waals surface area contributed by atoms with Crippen molar-refractivity contribution >= 4 is 22.2 Å². The highest BCUT2D eigenvalue weighted by molar-refractivity contribution is 7.09. The van der Waals surface area contributed by atoms with Gasteiger partial charge in [-0.05, 0) is 36.1 Å². The molecule has 0 spiro atoms. The fraction of sp³-hybridized carbons (Fsp3) is 0.188. The standard InChI is InChI=1S/C16H16N2S/c1-11-9-16(14(17)10-12-5-4-8-19-12)18-15-7-3-2-6-13(11)15/h2-9,14H,10,17H2,1H3. The minimum Gasteiger partial charge on any atom is -0.322 e. The monoisotopic (exact) mass is 268 g/mol. The molecule has 96 valence electrons. The van der Waals surface area contributed by atoms with Crippen LogP contribution < -0.4 is 5.73 Å². The molecule has 3 rings (SSSR count). The van der Waals surface area contributed by atoms with Crippen molar-refractivity contribution in [3.63, 3.8) is 0 Å². The summed E-state index contributed by atoms with van der Waals surface area (Å²) in [5.41, 5.74) is 9.53. The Morgan fingerprint density at radius 2 is 2.05 bits per heavy atom. The molecule has 3 heteroatoms. The zero-order valence-corrected chi connectivity index (χ0v) is 11.7. The van der Waals surface area contributed by atoms with Gasteiger partial charge in [0.15, 0.2) is 0 Å². The fourth-order valence-electron chi connectivity index (χ4n) is 2.32. The number of hydrogen-bond acceptors (Lipinski definition) is 3. The highest BCUT2D eigenvalue weighted by Crippen LogP contribution is 2.23. The molecule has 2 heterocycles. The first-order valence-electron chi connectivity index (χ1n) is 6.38. The molecule has 19 heavy (non-hydrogen) atoms. The zero-order valence-electron chi connectivity index (χ0n) is 10.8. The average molecular weight is 268 g/mol. The predicted molar refractivity (Wildman–Crippen MR) is 81.4 cm³/mol. The van der Waals surface area contributed by atoms with Crippen molar-refractivity contribution in [1.29, 1.82) is 0 Å². The first-order valence-corrected chi connectivity index (χ1v) is 7.26. The summed E-state index contributed by atoms with van der Waals surface area (Å²) in [6.07, 6.45) is 0.850. The number of thiophene rings is 1. The van der Waals surface area contributed by atoms with Crippen molar-refractivity contribution < 1.29 is 0 Å². The number of aryl methyl sites for hydroxylation is 1. The smallest absolute Gasteiger partial charge is 0.0708 e. The predicted octanol–water partition coefficient (Wildman–Crippen LogP) is 3.85. The summed E-state index contributed by atoms with van der Waals surface area (Å²) in [6, 6.07) is 14.5. The molecular formula is C16H16N2S. The van der Waals surface area contributed by atoms with E-state index in [9.17, 15) is 0 Å². The van der Waals surface area contributed by atoms with Gasteiger partial charge in [0, 0.05) is 16.7 Å². The molecule has 0 radical (unpaired) electrons. The van der Waals surface area contributed by atoms with Crippen LogP contribution in [0.4, 0.5) is 0 Å². The summed E-state index contributed by atoms with van der Waals surface area (Å²) in [6.45, 7) is 2.12. The van der Waals surface area contributed by atoms with Gasteiger partial charge in [0.05, 0.1) is 17.3 Å². The van der Waals surface area contributed by atoms with E-state index in [1.165, 1.54) is 15.8 Å². The molecule has 0 aliphatic carbocycles. The maximum atomic E-state index is 6.29. The Kier molecular flexibility index (Phi) is 3.32. The highest BCUT2D eigenvalue weighted by Gasteiger charge is 2.11. The second-order valence-corrected chi connectivity index (χ2v) is 5.80. The summed E-state index contributed by atoms with van der Waals surface area (Å²) in [4.78, 5) is 6.00. The second kappa shape index (κ2) is 5.11. The topological polar surface area (TPSA) is 38.9 Å². The summed E-state index contributed by atoms with van der Waals surface area (Å²) >= 11 is 1.75. The fourth-order valence-corrected chi connectivity index (χ4v) is 3.08. The van der Waals surface area contributed by atoms with E-state index in [2.05, 4.69) is 36.6 Å². The van der Waals surface area contributed by atoms with E-state index in [0.29, 0.717) is 0 Å².